The number of Topliss-reactive ketones (excluding diaryl/α,β-unsaturated/α-hetero) is 1. The number of H-pyrrole nitrogens is 2. The van der Waals surface area contributed by atoms with Crippen molar-refractivity contribution in [1.29, 1.82) is 0 Å². The smallest absolute Gasteiger partial charge is 0.183 e. The van der Waals surface area contributed by atoms with E-state index in [-0.39, 0.29) is 5.78 Å². The van der Waals surface area contributed by atoms with Gasteiger partial charge in [0.2, 0.25) is 0 Å². The Morgan fingerprint density at radius 3 is 2.88 bits per heavy atom. The van der Waals surface area contributed by atoms with Crippen molar-refractivity contribution in [2.75, 3.05) is 5.75 Å². The largest absolute Gasteiger partial charge is 0.362 e. The van der Waals surface area contributed by atoms with Gasteiger partial charge >= 0.3 is 0 Å². The van der Waals surface area contributed by atoms with E-state index in [9.17, 15) is 4.79 Å². The molecule has 0 fully saturated rings. The summed E-state index contributed by atoms with van der Waals surface area (Å²) in [6.07, 6.45) is 1.43. The molecule has 2 aromatic heterocycles. The highest BCUT2D eigenvalue weighted by atomic mass is 32.2. The minimum absolute atomic E-state index is 0.100. The first-order chi connectivity index (χ1) is 7.66. The van der Waals surface area contributed by atoms with E-state index in [1.165, 1.54) is 18.1 Å². The molecule has 0 atom stereocenters. The maximum atomic E-state index is 11.9. The van der Waals surface area contributed by atoms with Gasteiger partial charge in [-0.25, -0.2) is 4.98 Å². The lowest BCUT2D eigenvalue weighted by atomic mass is 10.2. The number of nitrogens with zero attached hydrogens (tertiary/aromatic N) is 2. The minimum atomic E-state index is 0.100. The van der Waals surface area contributed by atoms with Gasteiger partial charge in [-0.3, -0.25) is 9.89 Å². The third kappa shape index (κ3) is 2.33. The summed E-state index contributed by atoms with van der Waals surface area (Å²) >= 11 is 1.36. The van der Waals surface area contributed by atoms with E-state index in [0.29, 0.717) is 10.9 Å². The van der Waals surface area contributed by atoms with E-state index >= 15 is 0 Å². The van der Waals surface area contributed by atoms with Crippen LogP contribution in [0.5, 0.6) is 0 Å². The van der Waals surface area contributed by atoms with Gasteiger partial charge in [0, 0.05) is 17.0 Å². The van der Waals surface area contributed by atoms with Crippen LogP contribution in [-0.4, -0.2) is 31.7 Å². The van der Waals surface area contributed by atoms with E-state index in [0.717, 1.165) is 17.0 Å². The van der Waals surface area contributed by atoms with Crippen LogP contribution in [0.3, 0.4) is 0 Å². The Balaban J connectivity index is 2.01. The van der Waals surface area contributed by atoms with E-state index in [1.54, 1.807) is 0 Å². The van der Waals surface area contributed by atoms with Crippen LogP contribution in [0, 0.1) is 13.8 Å². The van der Waals surface area contributed by atoms with Crippen molar-refractivity contribution in [3.63, 3.8) is 0 Å². The highest BCUT2D eigenvalue weighted by molar-refractivity contribution is 7.99. The van der Waals surface area contributed by atoms with Crippen LogP contribution in [-0.2, 0) is 0 Å². The van der Waals surface area contributed by atoms with Crippen molar-refractivity contribution in [1.82, 2.24) is 20.2 Å². The minimum Gasteiger partial charge on any atom is -0.362 e. The highest BCUT2D eigenvalue weighted by Gasteiger charge is 2.12. The lowest BCUT2D eigenvalue weighted by Crippen LogP contribution is -2.03. The number of rotatable bonds is 4. The molecule has 0 aromatic carbocycles. The average molecular weight is 236 g/mol. The van der Waals surface area contributed by atoms with Crippen molar-refractivity contribution in [3.05, 3.63) is 29.3 Å². The lowest BCUT2D eigenvalue weighted by Gasteiger charge is -1.97. The number of aromatic amines is 2. The topological polar surface area (TPSA) is 74.4 Å². The quantitative estimate of drug-likeness (QED) is 0.626. The predicted octanol–water partition coefficient (Wildman–Crippen LogP) is 1.72. The average Bonchev–Trinajstić information content (AvgIpc) is 2.84. The zero-order valence-corrected chi connectivity index (χ0v) is 9.89. The molecule has 2 heterocycles. The first kappa shape index (κ1) is 10.9. The summed E-state index contributed by atoms with van der Waals surface area (Å²) in [4.78, 5) is 18.9. The molecular formula is C10H12N4OS. The molecule has 0 bridgehead atoms. The predicted molar refractivity (Wildman–Crippen MR) is 61.7 cm³/mol. The SMILES string of the molecule is Cc1cc(C(=O)CSc2ncn[nH]2)c(C)[nH]1. The number of nitrogens with one attached hydrogen (secondary N) is 2. The summed E-state index contributed by atoms with van der Waals surface area (Å²) in [7, 11) is 0. The second kappa shape index (κ2) is 4.52. The monoisotopic (exact) mass is 236 g/mol. The number of carbonyl (C=O) groups is 1. The Morgan fingerprint density at radius 1 is 1.50 bits per heavy atom. The van der Waals surface area contributed by atoms with E-state index < -0.39 is 0 Å². The van der Waals surface area contributed by atoms with Crippen LogP contribution in [0.4, 0.5) is 0 Å². The summed E-state index contributed by atoms with van der Waals surface area (Å²) < 4.78 is 0. The summed E-state index contributed by atoms with van der Waals surface area (Å²) in [5.41, 5.74) is 2.68. The molecule has 2 aromatic rings. The molecule has 5 nitrogen and oxygen atoms in total. The molecule has 0 radical (unpaired) electrons. The molecule has 0 unspecified atom stereocenters. The molecule has 6 heteroatoms. The maximum absolute atomic E-state index is 11.9. The highest BCUT2D eigenvalue weighted by Crippen LogP contribution is 2.16. The third-order valence-electron chi connectivity index (χ3n) is 2.18. The first-order valence-corrected chi connectivity index (χ1v) is 5.83. The molecule has 0 spiro atoms. The van der Waals surface area contributed by atoms with Crippen molar-refractivity contribution < 1.29 is 4.79 Å². The molecule has 2 rings (SSSR count). The summed E-state index contributed by atoms with van der Waals surface area (Å²) in [5.74, 6) is 0.469. The van der Waals surface area contributed by atoms with Gasteiger partial charge < -0.3 is 4.98 Å². The third-order valence-corrected chi connectivity index (χ3v) is 3.06. The van der Waals surface area contributed by atoms with Gasteiger partial charge in [-0.15, -0.1) is 0 Å². The van der Waals surface area contributed by atoms with Crippen LogP contribution in [0.1, 0.15) is 21.7 Å². The molecule has 84 valence electrons. The Morgan fingerprint density at radius 2 is 2.31 bits per heavy atom. The van der Waals surface area contributed by atoms with E-state index in [4.69, 9.17) is 0 Å². The fourth-order valence-electron chi connectivity index (χ4n) is 1.49. The van der Waals surface area contributed by atoms with Crippen LogP contribution in [0.25, 0.3) is 0 Å². The molecule has 16 heavy (non-hydrogen) atoms. The molecule has 2 N–H and O–H groups in total. The van der Waals surface area contributed by atoms with Gasteiger partial charge in [0.25, 0.3) is 0 Å². The number of ketones is 1. The molecule has 0 aliphatic carbocycles. The van der Waals surface area contributed by atoms with Gasteiger partial charge in [-0.05, 0) is 19.9 Å². The molecule has 0 aliphatic rings. The molecular weight excluding hydrogens is 224 g/mol. The van der Waals surface area contributed by atoms with Gasteiger partial charge in [0.1, 0.15) is 6.33 Å². The number of thioether (sulfide) groups is 1. The maximum Gasteiger partial charge on any atom is 0.183 e. The number of hydrogen-bond acceptors (Lipinski definition) is 4. The number of aromatic nitrogens is 4. The second-order valence-corrected chi connectivity index (χ2v) is 4.46. The Bertz CT molecular complexity index is 489. The van der Waals surface area contributed by atoms with E-state index in [1.807, 2.05) is 19.9 Å². The van der Waals surface area contributed by atoms with Crippen LogP contribution < -0.4 is 0 Å². The van der Waals surface area contributed by atoms with Crippen molar-refractivity contribution in [2.45, 2.75) is 19.0 Å². The first-order valence-electron chi connectivity index (χ1n) is 4.84. The zero-order valence-electron chi connectivity index (χ0n) is 9.07. The van der Waals surface area contributed by atoms with E-state index in [2.05, 4.69) is 20.2 Å². The van der Waals surface area contributed by atoms with Gasteiger partial charge in [0.05, 0.1) is 5.75 Å². The summed E-state index contributed by atoms with van der Waals surface area (Å²) in [6, 6.07) is 1.87. The Hall–Kier alpha value is -1.56. The zero-order chi connectivity index (χ0) is 11.5. The Kier molecular flexibility index (Phi) is 3.09. The Labute approximate surface area is 97.1 Å². The molecule has 0 aliphatic heterocycles. The fourth-order valence-corrected chi connectivity index (χ4v) is 2.15. The second-order valence-electron chi connectivity index (χ2n) is 3.49. The number of carbonyl (C=O) groups excluding carboxylic acids is 1. The van der Waals surface area contributed by atoms with Crippen molar-refractivity contribution in [3.8, 4) is 0 Å². The lowest BCUT2D eigenvalue weighted by molar-refractivity contribution is 0.102. The number of aryl methyl sites for hydroxylation is 2. The van der Waals surface area contributed by atoms with Gasteiger partial charge in [-0.1, -0.05) is 11.8 Å². The van der Waals surface area contributed by atoms with Crippen molar-refractivity contribution >= 4 is 17.5 Å². The normalized spacial score (nSPS) is 10.6. The van der Waals surface area contributed by atoms with Crippen LogP contribution in [0.15, 0.2) is 17.6 Å². The molecule has 0 amide bonds. The van der Waals surface area contributed by atoms with Crippen LogP contribution in [0.2, 0.25) is 0 Å². The standard InChI is InChI=1S/C10H12N4OS/c1-6-3-8(7(2)13-6)9(15)4-16-10-11-5-12-14-10/h3,5,13H,4H2,1-2H3,(H,11,12,14). The molecule has 0 saturated heterocycles. The molecule has 0 saturated carbocycles. The van der Waals surface area contributed by atoms with Crippen molar-refractivity contribution in [2.24, 2.45) is 0 Å². The van der Waals surface area contributed by atoms with Crippen LogP contribution >= 0.6 is 11.8 Å². The van der Waals surface area contributed by atoms with Gasteiger partial charge in [-0.2, -0.15) is 5.10 Å². The fraction of sp³-hybridized carbons (Fsp3) is 0.300. The summed E-state index contributed by atoms with van der Waals surface area (Å²) in [6.45, 7) is 3.84. The van der Waals surface area contributed by atoms with Gasteiger partial charge in [0.15, 0.2) is 10.9 Å². The number of hydrogen-bond donors (Lipinski definition) is 2. The summed E-state index contributed by atoms with van der Waals surface area (Å²) in [5, 5.41) is 7.09.